The standard InChI is InChI=1S/C18H16N2O/c21-17-4-2-1-3-16-18(17)14-11-13(5-6-15(14)20-16)12-7-9-19-10-8-12/h5-11,20H,1-4H2. The fraction of sp³-hybridized carbons (Fsp3) is 0.222. The maximum Gasteiger partial charge on any atom is 0.165 e. The van der Waals surface area contributed by atoms with Crippen LogP contribution in [0.25, 0.3) is 22.0 Å². The Morgan fingerprint density at radius 2 is 1.76 bits per heavy atom. The van der Waals surface area contributed by atoms with E-state index in [1.165, 1.54) is 0 Å². The largest absolute Gasteiger partial charge is 0.358 e. The van der Waals surface area contributed by atoms with Crippen molar-refractivity contribution in [3.05, 3.63) is 54.0 Å². The Labute approximate surface area is 123 Å². The molecule has 0 spiro atoms. The van der Waals surface area contributed by atoms with E-state index in [0.29, 0.717) is 6.42 Å². The summed E-state index contributed by atoms with van der Waals surface area (Å²) >= 11 is 0. The number of nitrogens with one attached hydrogen (secondary N) is 1. The molecular weight excluding hydrogens is 260 g/mol. The second kappa shape index (κ2) is 4.85. The van der Waals surface area contributed by atoms with Crippen LogP contribution in [0.2, 0.25) is 0 Å². The molecule has 0 radical (unpaired) electrons. The van der Waals surface area contributed by atoms with Gasteiger partial charge in [-0.25, -0.2) is 0 Å². The van der Waals surface area contributed by atoms with E-state index in [9.17, 15) is 4.79 Å². The third-order valence-corrected chi connectivity index (χ3v) is 4.25. The van der Waals surface area contributed by atoms with Crippen molar-refractivity contribution < 1.29 is 4.79 Å². The number of hydrogen-bond donors (Lipinski definition) is 1. The summed E-state index contributed by atoms with van der Waals surface area (Å²) in [5.74, 6) is 0.278. The van der Waals surface area contributed by atoms with E-state index in [2.05, 4.69) is 28.2 Å². The number of carbonyl (C=O) groups excluding carboxylic acids is 1. The van der Waals surface area contributed by atoms with Gasteiger partial charge in [0.05, 0.1) is 0 Å². The summed E-state index contributed by atoms with van der Waals surface area (Å²) in [6.45, 7) is 0. The van der Waals surface area contributed by atoms with E-state index in [1.54, 1.807) is 12.4 Å². The van der Waals surface area contributed by atoms with Gasteiger partial charge < -0.3 is 4.98 Å². The molecule has 0 fully saturated rings. The van der Waals surface area contributed by atoms with Gasteiger partial charge in [0.15, 0.2) is 5.78 Å². The molecule has 21 heavy (non-hydrogen) atoms. The molecule has 3 heteroatoms. The second-order valence-corrected chi connectivity index (χ2v) is 5.61. The zero-order valence-electron chi connectivity index (χ0n) is 11.7. The van der Waals surface area contributed by atoms with Crippen LogP contribution in [0, 0.1) is 0 Å². The maximum atomic E-state index is 12.4. The lowest BCUT2D eigenvalue weighted by Crippen LogP contribution is -1.97. The van der Waals surface area contributed by atoms with Crippen molar-refractivity contribution in [2.45, 2.75) is 25.7 Å². The van der Waals surface area contributed by atoms with Crippen LogP contribution in [0.5, 0.6) is 0 Å². The van der Waals surface area contributed by atoms with Crippen molar-refractivity contribution >= 4 is 16.7 Å². The van der Waals surface area contributed by atoms with Crippen LogP contribution in [-0.2, 0) is 6.42 Å². The number of fused-ring (bicyclic) bond motifs is 3. The number of ketones is 1. The van der Waals surface area contributed by atoms with Crippen LogP contribution < -0.4 is 0 Å². The number of H-pyrrole nitrogens is 1. The van der Waals surface area contributed by atoms with Crippen molar-refractivity contribution in [1.29, 1.82) is 0 Å². The quantitative estimate of drug-likeness (QED) is 0.679. The average molecular weight is 276 g/mol. The molecule has 0 saturated carbocycles. The van der Waals surface area contributed by atoms with Crippen LogP contribution >= 0.6 is 0 Å². The SMILES string of the molecule is O=C1CCCCc2[nH]c3ccc(-c4ccncc4)cc3c21. The third-order valence-electron chi connectivity index (χ3n) is 4.25. The Kier molecular flexibility index (Phi) is 2.85. The number of hydrogen-bond acceptors (Lipinski definition) is 2. The normalized spacial score (nSPS) is 15.0. The van der Waals surface area contributed by atoms with Gasteiger partial charge in [-0.15, -0.1) is 0 Å². The molecule has 0 atom stereocenters. The first-order chi connectivity index (χ1) is 10.3. The lowest BCUT2D eigenvalue weighted by molar-refractivity contribution is 0.0983. The molecule has 1 aliphatic rings. The smallest absolute Gasteiger partial charge is 0.165 e. The van der Waals surface area contributed by atoms with Gasteiger partial charge in [0, 0.05) is 41.0 Å². The first-order valence-electron chi connectivity index (χ1n) is 7.41. The number of aromatic amines is 1. The van der Waals surface area contributed by atoms with E-state index in [4.69, 9.17) is 0 Å². The summed E-state index contributed by atoms with van der Waals surface area (Å²) < 4.78 is 0. The third kappa shape index (κ3) is 2.05. The zero-order valence-corrected chi connectivity index (χ0v) is 11.7. The van der Waals surface area contributed by atoms with Gasteiger partial charge in [0.1, 0.15) is 0 Å². The highest BCUT2D eigenvalue weighted by Gasteiger charge is 2.21. The molecule has 104 valence electrons. The summed E-state index contributed by atoms with van der Waals surface area (Å²) in [4.78, 5) is 19.9. The molecule has 1 aromatic carbocycles. The van der Waals surface area contributed by atoms with Gasteiger partial charge in [-0.2, -0.15) is 0 Å². The van der Waals surface area contributed by atoms with Crippen LogP contribution in [0.15, 0.2) is 42.7 Å². The molecular formula is C18H16N2O. The van der Waals surface area contributed by atoms with Crippen molar-refractivity contribution in [1.82, 2.24) is 9.97 Å². The van der Waals surface area contributed by atoms with E-state index in [-0.39, 0.29) is 5.78 Å². The van der Waals surface area contributed by atoms with Crippen molar-refractivity contribution in [2.75, 3.05) is 0 Å². The Hall–Kier alpha value is -2.42. The summed E-state index contributed by atoms with van der Waals surface area (Å²) in [5.41, 5.74) is 5.34. The van der Waals surface area contributed by atoms with Crippen LogP contribution in [0.4, 0.5) is 0 Å². The Morgan fingerprint density at radius 3 is 2.62 bits per heavy atom. The minimum atomic E-state index is 0.278. The summed E-state index contributed by atoms with van der Waals surface area (Å²) in [7, 11) is 0. The van der Waals surface area contributed by atoms with Crippen molar-refractivity contribution in [3.8, 4) is 11.1 Å². The van der Waals surface area contributed by atoms with Crippen molar-refractivity contribution in [3.63, 3.8) is 0 Å². The maximum absolute atomic E-state index is 12.4. The Balaban J connectivity index is 1.93. The highest BCUT2D eigenvalue weighted by atomic mass is 16.1. The average Bonchev–Trinajstić information content (AvgIpc) is 2.79. The topological polar surface area (TPSA) is 45.8 Å². The van der Waals surface area contributed by atoms with Crippen LogP contribution in [-0.4, -0.2) is 15.8 Å². The van der Waals surface area contributed by atoms with Gasteiger partial charge >= 0.3 is 0 Å². The van der Waals surface area contributed by atoms with Crippen LogP contribution in [0.1, 0.15) is 35.3 Å². The Bertz CT molecular complexity index is 818. The lowest BCUT2D eigenvalue weighted by atomic mass is 10.0. The number of Topliss-reactive ketones (excluding diaryl/α,β-unsaturated/α-hetero) is 1. The predicted octanol–water partition coefficient (Wildman–Crippen LogP) is 4.14. The fourth-order valence-electron chi connectivity index (χ4n) is 3.19. The van der Waals surface area contributed by atoms with Gasteiger partial charge in [-0.1, -0.05) is 6.07 Å². The summed E-state index contributed by atoms with van der Waals surface area (Å²) in [6, 6.07) is 10.3. The summed E-state index contributed by atoms with van der Waals surface area (Å²) in [5, 5.41) is 1.06. The molecule has 2 heterocycles. The second-order valence-electron chi connectivity index (χ2n) is 5.61. The number of nitrogens with zero attached hydrogens (tertiary/aromatic N) is 1. The van der Waals surface area contributed by atoms with Crippen LogP contribution in [0.3, 0.4) is 0 Å². The van der Waals surface area contributed by atoms with Gasteiger partial charge in [0.25, 0.3) is 0 Å². The number of pyridine rings is 1. The van der Waals surface area contributed by atoms with E-state index < -0.39 is 0 Å². The molecule has 4 rings (SSSR count). The molecule has 3 nitrogen and oxygen atoms in total. The molecule has 0 aliphatic heterocycles. The number of aromatic nitrogens is 2. The van der Waals surface area contributed by atoms with Gasteiger partial charge in [-0.05, 0) is 54.7 Å². The van der Waals surface area contributed by atoms with E-state index in [1.807, 2.05) is 12.1 Å². The fourth-order valence-corrected chi connectivity index (χ4v) is 3.19. The molecule has 2 aromatic heterocycles. The number of carbonyl (C=O) groups is 1. The molecule has 0 bridgehead atoms. The minimum Gasteiger partial charge on any atom is -0.358 e. The number of benzene rings is 1. The lowest BCUT2D eigenvalue weighted by Gasteiger charge is -2.03. The van der Waals surface area contributed by atoms with E-state index in [0.717, 1.165) is 52.5 Å². The molecule has 0 unspecified atom stereocenters. The molecule has 3 aromatic rings. The number of rotatable bonds is 1. The molecule has 0 amide bonds. The Morgan fingerprint density at radius 1 is 0.952 bits per heavy atom. The predicted molar refractivity (Wildman–Crippen MR) is 83.4 cm³/mol. The molecule has 1 aliphatic carbocycles. The first kappa shape index (κ1) is 12.3. The van der Waals surface area contributed by atoms with Gasteiger partial charge in [0.2, 0.25) is 0 Å². The van der Waals surface area contributed by atoms with Gasteiger partial charge in [-0.3, -0.25) is 9.78 Å². The minimum absolute atomic E-state index is 0.278. The summed E-state index contributed by atoms with van der Waals surface area (Å²) in [6.07, 6.45) is 7.31. The zero-order chi connectivity index (χ0) is 14.2. The molecule has 0 saturated heterocycles. The highest BCUT2D eigenvalue weighted by Crippen LogP contribution is 2.31. The monoisotopic (exact) mass is 276 g/mol. The highest BCUT2D eigenvalue weighted by molar-refractivity contribution is 6.10. The van der Waals surface area contributed by atoms with E-state index >= 15 is 0 Å². The van der Waals surface area contributed by atoms with Crippen molar-refractivity contribution in [2.24, 2.45) is 0 Å². The molecule has 1 N–H and O–H groups in total. The first-order valence-corrected chi connectivity index (χ1v) is 7.41. The number of aryl methyl sites for hydroxylation is 1.